The first-order valence-electron chi connectivity index (χ1n) is 4.58. The Balaban J connectivity index is 3.31. The van der Waals surface area contributed by atoms with Crippen LogP contribution in [-0.4, -0.2) is 24.2 Å². The van der Waals surface area contributed by atoms with Crippen LogP contribution in [0.15, 0.2) is 29.2 Å². The van der Waals surface area contributed by atoms with E-state index >= 15 is 0 Å². The highest BCUT2D eigenvalue weighted by Crippen LogP contribution is 2.25. The molecule has 0 bridgehead atoms. The van der Waals surface area contributed by atoms with Crippen LogP contribution in [0.2, 0.25) is 0 Å². The Bertz CT molecular complexity index is 436. The van der Waals surface area contributed by atoms with Gasteiger partial charge in [0.15, 0.2) is 0 Å². The van der Waals surface area contributed by atoms with Crippen LogP contribution >= 0.6 is 0 Å². The van der Waals surface area contributed by atoms with Gasteiger partial charge in [0.2, 0.25) is 0 Å². The molecule has 15 heavy (non-hydrogen) atoms. The lowest BCUT2D eigenvalue weighted by atomic mass is 9.96. The summed E-state index contributed by atoms with van der Waals surface area (Å²) in [6, 6.07) is 6.11. The standard InChI is InChI=1S/C10H14O4S/c1-7(8(2)11)9-5-3-4-6-10(9)15(12,13)14/h3-8,11H,1-2H3,(H,12,13,14). The maximum absolute atomic E-state index is 11.1. The molecule has 0 heterocycles. The van der Waals surface area contributed by atoms with Gasteiger partial charge in [-0.1, -0.05) is 25.1 Å². The molecule has 0 amide bonds. The van der Waals surface area contributed by atoms with Crippen molar-refractivity contribution in [3.8, 4) is 0 Å². The van der Waals surface area contributed by atoms with Gasteiger partial charge >= 0.3 is 0 Å². The number of hydrogen-bond acceptors (Lipinski definition) is 3. The lowest BCUT2D eigenvalue weighted by Crippen LogP contribution is -2.14. The minimum Gasteiger partial charge on any atom is -0.393 e. The molecule has 0 radical (unpaired) electrons. The Morgan fingerprint density at radius 3 is 2.20 bits per heavy atom. The third-order valence-corrected chi connectivity index (χ3v) is 3.34. The molecule has 4 nitrogen and oxygen atoms in total. The molecule has 0 fully saturated rings. The van der Waals surface area contributed by atoms with Crippen molar-refractivity contribution >= 4 is 10.1 Å². The first kappa shape index (κ1) is 12.2. The van der Waals surface area contributed by atoms with E-state index in [9.17, 15) is 13.5 Å². The molecule has 0 aliphatic rings. The zero-order valence-corrected chi connectivity index (χ0v) is 9.40. The van der Waals surface area contributed by atoms with Crippen LogP contribution < -0.4 is 0 Å². The minimum absolute atomic E-state index is 0.140. The van der Waals surface area contributed by atoms with E-state index in [4.69, 9.17) is 4.55 Å². The summed E-state index contributed by atoms with van der Waals surface area (Å²) >= 11 is 0. The molecule has 1 aromatic rings. The summed E-state index contributed by atoms with van der Waals surface area (Å²) in [5, 5.41) is 9.39. The number of hydrogen-bond donors (Lipinski definition) is 2. The van der Waals surface area contributed by atoms with Crippen molar-refractivity contribution in [1.29, 1.82) is 0 Å². The second kappa shape index (κ2) is 4.30. The summed E-state index contributed by atoms with van der Waals surface area (Å²) in [5.41, 5.74) is 0.426. The van der Waals surface area contributed by atoms with Crippen LogP contribution in [0.3, 0.4) is 0 Å². The zero-order valence-electron chi connectivity index (χ0n) is 8.58. The molecule has 2 N–H and O–H groups in total. The monoisotopic (exact) mass is 230 g/mol. The molecule has 2 atom stereocenters. The molecule has 2 unspecified atom stereocenters. The molecule has 0 saturated heterocycles. The lowest BCUT2D eigenvalue weighted by Gasteiger charge is -2.17. The Morgan fingerprint density at radius 2 is 1.73 bits per heavy atom. The quantitative estimate of drug-likeness (QED) is 0.770. The first-order valence-corrected chi connectivity index (χ1v) is 6.02. The Labute approximate surface area is 89.3 Å². The van der Waals surface area contributed by atoms with Gasteiger partial charge in [-0.25, -0.2) is 0 Å². The predicted molar refractivity (Wildman–Crippen MR) is 56.4 cm³/mol. The Hall–Kier alpha value is -0.910. The summed E-state index contributed by atoms with van der Waals surface area (Å²) in [5.74, 6) is -0.344. The average Bonchev–Trinajstić information content (AvgIpc) is 2.15. The summed E-state index contributed by atoms with van der Waals surface area (Å²) in [4.78, 5) is -0.140. The van der Waals surface area contributed by atoms with Crippen molar-refractivity contribution in [2.75, 3.05) is 0 Å². The molecule has 0 aliphatic heterocycles. The Morgan fingerprint density at radius 1 is 1.20 bits per heavy atom. The molecule has 0 aliphatic carbocycles. The van der Waals surface area contributed by atoms with Crippen LogP contribution in [-0.2, 0) is 10.1 Å². The SMILES string of the molecule is CC(O)C(C)c1ccccc1S(=O)(=O)O. The van der Waals surface area contributed by atoms with Crippen molar-refractivity contribution in [3.05, 3.63) is 29.8 Å². The van der Waals surface area contributed by atoms with Crippen LogP contribution in [0, 0.1) is 0 Å². The van der Waals surface area contributed by atoms with E-state index in [0.29, 0.717) is 5.56 Å². The van der Waals surface area contributed by atoms with Crippen molar-refractivity contribution in [3.63, 3.8) is 0 Å². The van der Waals surface area contributed by atoms with Gasteiger partial charge in [-0.05, 0) is 18.6 Å². The normalized spacial score (nSPS) is 16.0. The zero-order chi connectivity index (χ0) is 11.6. The highest BCUT2D eigenvalue weighted by Gasteiger charge is 2.21. The van der Waals surface area contributed by atoms with Gasteiger partial charge in [-0.2, -0.15) is 8.42 Å². The van der Waals surface area contributed by atoms with Gasteiger partial charge in [-0.3, -0.25) is 4.55 Å². The number of aliphatic hydroxyl groups excluding tert-OH is 1. The molecule has 84 valence electrons. The van der Waals surface area contributed by atoms with Gasteiger partial charge in [0.1, 0.15) is 0 Å². The smallest absolute Gasteiger partial charge is 0.294 e. The van der Waals surface area contributed by atoms with Gasteiger partial charge in [0, 0.05) is 5.92 Å². The average molecular weight is 230 g/mol. The maximum atomic E-state index is 11.1. The largest absolute Gasteiger partial charge is 0.393 e. The summed E-state index contributed by atoms with van der Waals surface area (Å²) < 4.78 is 31.1. The number of rotatable bonds is 3. The highest BCUT2D eigenvalue weighted by atomic mass is 32.2. The van der Waals surface area contributed by atoms with Gasteiger partial charge in [0.25, 0.3) is 10.1 Å². The second-order valence-corrected chi connectivity index (χ2v) is 4.93. The first-order chi connectivity index (χ1) is 6.84. The third-order valence-electron chi connectivity index (χ3n) is 2.41. The van der Waals surface area contributed by atoms with E-state index in [-0.39, 0.29) is 10.8 Å². The van der Waals surface area contributed by atoms with Crippen molar-refractivity contribution in [2.24, 2.45) is 0 Å². The molecule has 0 aromatic heterocycles. The van der Waals surface area contributed by atoms with Crippen LogP contribution in [0.5, 0.6) is 0 Å². The fourth-order valence-electron chi connectivity index (χ4n) is 1.35. The molecule has 5 heteroatoms. The van der Waals surface area contributed by atoms with Crippen molar-refractivity contribution in [2.45, 2.75) is 30.8 Å². The van der Waals surface area contributed by atoms with Crippen molar-refractivity contribution < 1.29 is 18.1 Å². The Kier molecular flexibility index (Phi) is 3.49. The molecule has 1 aromatic carbocycles. The fourth-order valence-corrected chi connectivity index (χ4v) is 2.15. The van der Waals surface area contributed by atoms with Gasteiger partial charge in [0.05, 0.1) is 11.0 Å². The van der Waals surface area contributed by atoms with Crippen LogP contribution in [0.25, 0.3) is 0 Å². The van der Waals surface area contributed by atoms with E-state index in [0.717, 1.165) is 0 Å². The highest BCUT2D eigenvalue weighted by molar-refractivity contribution is 7.85. The fraction of sp³-hybridized carbons (Fsp3) is 0.400. The number of aliphatic hydroxyl groups is 1. The van der Waals surface area contributed by atoms with E-state index in [1.165, 1.54) is 12.1 Å². The van der Waals surface area contributed by atoms with Gasteiger partial charge in [-0.15, -0.1) is 0 Å². The summed E-state index contributed by atoms with van der Waals surface area (Å²) in [6.07, 6.45) is -0.673. The second-order valence-electron chi connectivity index (χ2n) is 3.54. The molecule has 0 saturated carbocycles. The lowest BCUT2D eigenvalue weighted by molar-refractivity contribution is 0.168. The minimum atomic E-state index is -4.22. The maximum Gasteiger partial charge on any atom is 0.294 e. The van der Waals surface area contributed by atoms with E-state index in [1.807, 2.05) is 0 Å². The van der Waals surface area contributed by atoms with E-state index < -0.39 is 16.2 Å². The van der Waals surface area contributed by atoms with Crippen molar-refractivity contribution in [1.82, 2.24) is 0 Å². The number of benzene rings is 1. The van der Waals surface area contributed by atoms with E-state index in [1.54, 1.807) is 26.0 Å². The molecule has 0 spiro atoms. The molecule has 1 rings (SSSR count). The molecular formula is C10H14O4S. The summed E-state index contributed by atoms with van der Waals surface area (Å²) in [6.45, 7) is 3.28. The van der Waals surface area contributed by atoms with Crippen LogP contribution in [0.1, 0.15) is 25.3 Å². The summed E-state index contributed by atoms with van der Waals surface area (Å²) in [7, 11) is -4.22. The topological polar surface area (TPSA) is 74.6 Å². The molecular weight excluding hydrogens is 216 g/mol. The van der Waals surface area contributed by atoms with Gasteiger partial charge < -0.3 is 5.11 Å². The third kappa shape index (κ3) is 2.77. The van der Waals surface area contributed by atoms with Crippen LogP contribution in [0.4, 0.5) is 0 Å². The predicted octanol–water partition coefficient (Wildman–Crippen LogP) is 1.42. The van der Waals surface area contributed by atoms with E-state index in [2.05, 4.69) is 0 Å².